The molecular weight excluding hydrogens is 416 g/mol. The molecule has 2 fully saturated rings. The summed E-state index contributed by atoms with van der Waals surface area (Å²) in [6.07, 6.45) is 11.0. The number of benzene rings is 1. The maximum absolute atomic E-state index is 12.5. The van der Waals surface area contributed by atoms with Gasteiger partial charge in [0.1, 0.15) is 5.54 Å². The fourth-order valence-electron chi connectivity index (χ4n) is 5.44. The number of carbonyl (C=O) groups is 2. The number of aromatic nitrogens is 2. The lowest BCUT2D eigenvalue weighted by Gasteiger charge is -2.30. The highest BCUT2D eigenvalue weighted by Gasteiger charge is 2.38. The Morgan fingerprint density at radius 1 is 1.03 bits per heavy atom. The van der Waals surface area contributed by atoms with Gasteiger partial charge < -0.3 is 15.2 Å². The van der Waals surface area contributed by atoms with Crippen molar-refractivity contribution < 1.29 is 14.1 Å². The molecule has 0 spiro atoms. The Kier molecular flexibility index (Phi) is 7.78. The molecular formula is C26H36N4O3. The number of nitrogens with zero attached hydrogens (tertiary/aromatic N) is 2. The molecule has 4 rings (SSSR count). The molecule has 0 unspecified atom stereocenters. The van der Waals surface area contributed by atoms with Gasteiger partial charge in [-0.05, 0) is 50.0 Å². The average molecular weight is 453 g/mol. The van der Waals surface area contributed by atoms with Gasteiger partial charge in [0.2, 0.25) is 17.7 Å². The van der Waals surface area contributed by atoms with Crippen molar-refractivity contribution in [3.63, 3.8) is 0 Å². The van der Waals surface area contributed by atoms with E-state index in [1.54, 1.807) is 0 Å². The van der Waals surface area contributed by atoms with Crippen LogP contribution in [0.2, 0.25) is 0 Å². The van der Waals surface area contributed by atoms with E-state index in [9.17, 15) is 9.59 Å². The normalized spacial score (nSPS) is 22.8. The van der Waals surface area contributed by atoms with E-state index in [4.69, 9.17) is 4.52 Å². The molecule has 2 aromatic rings. The predicted molar refractivity (Wildman–Crippen MR) is 125 cm³/mol. The molecule has 0 aliphatic heterocycles. The van der Waals surface area contributed by atoms with Crippen LogP contribution in [0.4, 0.5) is 0 Å². The topological polar surface area (TPSA) is 97.1 Å². The van der Waals surface area contributed by atoms with E-state index in [1.807, 2.05) is 0 Å². The van der Waals surface area contributed by atoms with Crippen molar-refractivity contribution in [1.29, 1.82) is 0 Å². The largest absolute Gasteiger partial charge is 0.353 e. The fourth-order valence-corrected chi connectivity index (χ4v) is 5.44. The Bertz CT molecular complexity index is 911. The van der Waals surface area contributed by atoms with Crippen molar-refractivity contribution in [2.45, 2.75) is 101 Å². The highest BCUT2D eigenvalue weighted by atomic mass is 16.5. The van der Waals surface area contributed by atoms with Crippen LogP contribution < -0.4 is 10.6 Å². The van der Waals surface area contributed by atoms with Crippen LogP contribution in [-0.2, 0) is 21.5 Å². The quantitative estimate of drug-likeness (QED) is 0.602. The van der Waals surface area contributed by atoms with Crippen molar-refractivity contribution in [3.8, 4) is 0 Å². The van der Waals surface area contributed by atoms with E-state index in [0.29, 0.717) is 30.5 Å². The summed E-state index contributed by atoms with van der Waals surface area (Å²) in [5.74, 6) is 1.56. The van der Waals surface area contributed by atoms with Gasteiger partial charge in [-0.25, -0.2) is 0 Å². The summed E-state index contributed by atoms with van der Waals surface area (Å²) in [5.41, 5.74) is 0.851. The van der Waals surface area contributed by atoms with Crippen molar-refractivity contribution in [1.82, 2.24) is 20.8 Å². The predicted octanol–water partition coefficient (Wildman–Crippen LogP) is 4.53. The number of hydrogen-bond donors (Lipinski definition) is 2. The van der Waals surface area contributed by atoms with Gasteiger partial charge in [-0.2, -0.15) is 4.98 Å². The van der Waals surface area contributed by atoms with Crippen LogP contribution in [0.5, 0.6) is 0 Å². The number of carbonyl (C=O) groups excluding carboxylic acids is 2. The van der Waals surface area contributed by atoms with Gasteiger partial charge in [0, 0.05) is 25.8 Å². The highest BCUT2D eigenvalue weighted by molar-refractivity contribution is 5.76. The minimum absolute atomic E-state index is 0.0314. The summed E-state index contributed by atoms with van der Waals surface area (Å²) in [6.45, 7) is 1.53. The van der Waals surface area contributed by atoms with E-state index in [1.165, 1.54) is 12.5 Å². The summed E-state index contributed by atoms with van der Waals surface area (Å²) < 4.78 is 5.48. The van der Waals surface area contributed by atoms with Gasteiger partial charge in [0.15, 0.2) is 5.82 Å². The molecule has 1 aromatic heterocycles. The lowest BCUT2D eigenvalue weighted by molar-refractivity contribution is -0.122. The lowest BCUT2D eigenvalue weighted by Crippen LogP contribution is -2.45. The molecule has 0 radical (unpaired) electrons. The third kappa shape index (κ3) is 6.21. The minimum Gasteiger partial charge on any atom is -0.353 e. The van der Waals surface area contributed by atoms with Gasteiger partial charge >= 0.3 is 0 Å². The summed E-state index contributed by atoms with van der Waals surface area (Å²) in [7, 11) is 0. The molecule has 2 saturated carbocycles. The summed E-state index contributed by atoms with van der Waals surface area (Å²) >= 11 is 0. The number of rotatable bonds is 7. The zero-order valence-electron chi connectivity index (χ0n) is 19.6. The Morgan fingerprint density at radius 3 is 2.39 bits per heavy atom. The van der Waals surface area contributed by atoms with E-state index in [0.717, 1.165) is 64.2 Å². The highest BCUT2D eigenvalue weighted by Crippen LogP contribution is 2.35. The van der Waals surface area contributed by atoms with Gasteiger partial charge in [-0.15, -0.1) is 0 Å². The third-order valence-electron chi connectivity index (χ3n) is 7.20. The molecule has 1 aromatic carbocycles. The number of hydrogen-bond acceptors (Lipinski definition) is 5. The Balaban J connectivity index is 1.26. The first-order valence-electron chi connectivity index (χ1n) is 12.5. The van der Waals surface area contributed by atoms with Crippen molar-refractivity contribution in [2.24, 2.45) is 0 Å². The van der Waals surface area contributed by atoms with Crippen LogP contribution in [0.15, 0.2) is 34.9 Å². The zero-order valence-corrected chi connectivity index (χ0v) is 19.6. The molecule has 7 heteroatoms. The Hall–Kier alpha value is -2.70. The molecule has 33 heavy (non-hydrogen) atoms. The van der Waals surface area contributed by atoms with Crippen molar-refractivity contribution in [2.75, 3.05) is 0 Å². The molecule has 2 aliphatic carbocycles. The van der Waals surface area contributed by atoms with Gasteiger partial charge in [-0.3, -0.25) is 9.59 Å². The van der Waals surface area contributed by atoms with Crippen LogP contribution in [0.1, 0.15) is 101 Å². The Morgan fingerprint density at radius 2 is 1.73 bits per heavy atom. The average Bonchev–Trinajstić information content (AvgIpc) is 3.18. The molecule has 2 amide bonds. The molecule has 2 N–H and O–H groups in total. The summed E-state index contributed by atoms with van der Waals surface area (Å²) in [6, 6.07) is 10.9. The maximum atomic E-state index is 12.5. The van der Waals surface area contributed by atoms with E-state index >= 15 is 0 Å². The van der Waals surface area contributed by atoms with Crippen molar-refractivity contribution >= 4 is 11.8 Å². The molecule has 0 bridgehead atoms. The maximum Gasteiger partial charge on any atom is 0.227 e. The SMILES string of the molecule is CC(=O)NC1(c2noc(CCC(=O)NC3CCC(c4ccccc4)CC3)n2)CCCCCC1. The molecule has 2 aliphatic rings. The van der Waals surface area contributed by atoms with Crippen LogP contribution in [-0.4, -0.2) is 28.0 Å². The minimum atomic E-state index is -0.552. The van der Waals surface area contributed by atoms with Gasteiger partial charge in [0.25, 0.3) is 0 Å². The van der Waals surface area contributed by atoms with Crippen LogP contribution >= 0.6 is 0 Å². The number of nitrogens with one attached hydrogen (secondary N) is 2. The van der Waals surface area contributed by atoms with E-state index in [-0.39, 0.29) is 17.9 Å². The second-order valence-corrected chi connectivity index (χ2v) is 9.72. The summed E-state index contributed by atoms with van der Waals surface area (Å²) in [4.78, 5) is 29.0. The van der Waals surface area contributed by atoms with Crippen molar-refractivity contribution in [3.05, 3.63) is 47.6 Å². The summed E-state index contributed by atoms with van der Waals surface area (Å²) in [5, 5.41) is 10.5. The molecule has 1 heterocycles. The standard InChI is InChI=1S/C26H36N4O3/c1-19(31)29-26(17-7-2-3-8-18-26)25-28-24(33-30-25)16-15-23(32)27-22-13-11-21(12-14-22)20-9-5-4-6-10-20/h4-6,9-10,21-22H,2-3,7-8,11-18H2,1H3,(H,27,32)(H,29,31). The first-order chi connectivity index (χ1) is 16.0. The van der Waals surface area contributed by atoms with Gasteiger partial charge in [-0.1, -0.05) is 61.2 Å². The third-order valence-corrected chi connectivity index (χ3v) is 7.20. The van der Waals surface area contributed by atoms with Crippen LogP contribution in [0, 0.1) is 0 Å². The first-order valence-corrected chi connectivity index (χ1v) is 12.5. The molecule has 0 saturated heterocycles. The van der Waals surface area contributed by atoms with E-state index < -0.39 is 5.54 Å². The molecule has 178 valence electrons. The lowest BCUT2D eigenvalue weighted by atomic mass is 9.82. The second-order valence-electron chi connectivity index (χ2n) is 9.72. The van der Waals surface area contributed by atoms with E-state index in [2.05, 4.69) is 51.1 Å². The zero-order chi connectivity index (χ0) is 23.1. The Labute approximate surface area is 196 Å². The smallest absolute Gasteiger partial charge is 0.227 e. The number of amides is 2. The van der Waals surface area contributed by atoms with Gasteiger partial charge in [0.05, 0.1) is 0 Å². The molecule has 0 atom stereocenters. The first kappa shape index (κ1) is 23.5. The number of aryl methyl sites for hydroxylation is 1. The fraction of sp³-hybridized carbons (Fsp3) is 0.615. The second kappa shape index (κ2) is 10.9. The van der Waals surface area contributed by atoms with Crippen LogP contribution in [0.3, 0.4) is 0 Å². The molecule has 7 nitrogen and oxygen atoms in total. The van der Waals surface area contributed by atoms with Crippen LogP contribution in [0.25, 0.3) is 0 Å². The monoisotopic (exact) mass is 452 g/mol.